The van der Waals surface area contributed by atoms with Gasteiger partial charge < -0.3 is 0 Å². The molecule has 1 N–H and O–H groups in total. The molecule has 0 bridgehead atoms. The Morgan fingerprint density at radius 2 is 1.69 bits per heavy atom. The summed E-state index contributed by atoms with van der Waals surface area (Å²) in [5, 5.41) is 0.0683. The first kappa shape index (κ1) is 10.1. The van der Waals surface area contributed by atoms with E-state index in [1.807, 2.05) is 0 Å². The first-order valence-electron chi connectivity index (χ1n) is 3.43. The monoisotopic (exact) mass is 209 g/mol. The molecule has 0 aromatic rings. The molecule has 13 heavy (non-hydrogen) atoms. The molecule has 1 aliphatic heterocycles. The van der Waals surface area contributed by atoms with Crippen LogP contribution in [-0.2, 0) is 24.3 Å². The van der Waals surface area contributed by atoms with Crippen LogP contribution >= 0.6 is 0 Å². The Kier molecular flexibility index (Phi) is 2.64. The molecule has 0 atom stereocenters. The van der Waals surface area contributed by atoms with E-state index in [0.29, 0.717) is 6.42 Å². The molecule has 0 aromatic heterocycles. The van der Waals surface area contributed by atoms with Crippen molar-refractivity contribution in [3.8, 4) is 0 Å². The molecule has 7 nitrogen and oxygen atoms in total. The molecule has 74 valence electrons. The summed E-state index contributed by atoms with van der Waals surface area (Å²) < 4.78 is 32.3. The summed E-state index contributed by atoms with van der Waals surface area (Å²) in [6.45, 7) is 0. The normalized spacial score (nSPS) is 19.3. The maximum Gasteiger partial charge on any atom is 0.419 e. The van der Waals surface area contributed by atoms with E-state index in [0.717, 1.165) is 0 Å². The number of amides is 2. The largest absolute Gasteiger partial charge is 0.419 e. The topological polar surface area (TPSA) is 101 Å². The average Bonchev–Trinajstić information content (AvgIpc) is 1.95. The van der Waals surface area contributed by atoms with Crippen LogP contribution in [0.15, 0.2) is 0 Å². The number of carbonyl (C=O) groups excluding carboxylic acids is 2. The van der Waals surface area contributed by atoms with E-state index in [2.05, 4.69) is 4.28 Å². The van der Waals surface area contributed by atoms with Crippen molar-refractivity contribution in [2.24, 2.45) is 0 Å². The van der Waals surface area contributed by atoms with Gasteiger partial charge in [0, 0.05) is 12.8 Å². The second-order valence-electron chi connectivity index (χ2n) is 2.44. The van der Waals surface area contributed by atoms with Crippen molar-refractivity contribution in [3.63, 3.8) is 0 Å². The lowest BCUT2D eigenvalue weighted by Gasteiger charge is -2.20. The van der Waals surface area contributed by atoms with Gasteiger partial charge in [0.15, 0.2) is 0 Å². The SMILES string of the molecule is O=C1CCCC(=O)N1OS(=O)(=O)O. The molecule has 0 aromatic carbocycles. The molecule has 8 heteroatoms. The first-order chi connectivity index (χ1) is 5.90. The highest BCUT2D eigenvalue weighted by molar-refractivity contribution is 7.80. The number of hydrogen-bond donors (Lipinski definition) is 1. The van der Waals surface area contributed by atoms with Crippen LogP contribution in [0.3, 0.4) is 0 Å². The summed E-state index contributed by atoms with van der Waals surface area (Å²) in [6.07, 6.45) is 0.422. The van der Waals surface area contributed by atoms with E-state index in [9.17, 15) is 18.0 Å². The molecule has 1 fully saturated rings. The van der Waals surface area contributed by atoms with Crippen molar-refractivity contribution in [2.75, 3.05) is 0 Å². The Labute approximate surface area is 74.2 Å². The van der Waals surface area contributed by atoms with E-state index < -0.39 is 22.2 Å². The third kappa shape index (κ3) is 2.76. The first-order valence-corrected chi connectivity index (χ1v) is 4.79. The number of hydrogen-bond acceptors (Lipinski definition) is 5. The Balaban J connectivity index is 2.76. The van der Waals surface area contributed by atoms with Crippen molar-refractivity contribution < 1.29 is 26.8 Å². The van der Waals surface area contributed by atoms with Gasteiger partial charge in [0.05, 0.1) is 0 Å². The zero-order valence-electron chi connectivity index (χ0n) is 6.47. The summed E-state index contributed by atoms with van der Waals surface area (Å²) >= 11 is 0. The molecule has 0 spiro atoms. The summed E-state index contributed by atoms with van der Waals surface area (Å²) in [5.41, 5.74) is 0. The molecule has 0 radical (unpaired) electrons. The van der Waals surface area contributed by atoms with Gasteiger partial charge in [0.1, 0.15) is 0 Å². The Morgan fingerprint density at radius 3 is 2.08 bits per heavy atom. The summed E-state index contributed by atoms with van der Waals surface area (Å²) in [5.74, 6) is -1.54. The van der Waals surface area contributed by atoms with Crippen LogP contribution in [-0.4, -0.2) is 29.8 Å². The molecule has 1 aliphatic rings. The van der Waals surface area contributed by atoms with Gasteiger partial charge >= 0.3 is 10.4 Å². The standard InChI is InChI=1S/C5H7NO6S/c7-4-2-1-3-5(8)6(4)12-13(9,10)11/h1-3H2,(H,9,10,11). The van der Waals surface area contributed by atoms with Crippen molar-refractivity contribution in [2.45, 2.75) is 19.3 Å². The highest BCUT2D eigenvalue weighted by Gasteiger charge is 2.30. The fourth-order valence-electron chi connectivity index (χ4n) is 0.910. The molecular formula is C5H7NO6S. The van der Waals surface area contributed by atoms with E-state index in [1.54, 1.807) is 0 Å². The predicted octanol–water partition coefficient (Wildman–Crippen LogP) is -0.740. The molecule has 1 rings (SSSR count). The minimum absolute atomic E-state index is 0.0290. The maximum absolute atomic E-state index is 10.9. The molecular weight excluding hydrogens is 202 g/mol. The van der Waals surface area contributed by atoms with Gasteiger partial charge in [-0.1, -0.05) is 0 Å². The smallest absolute Gasteiger partial charge is 0.272 e. The van der Waals surface area contributed by atoms with Crippen molar-refractivity contribution >= 4 is 22.2 Å². The molecule has 0 aliphatic carbocycles. The minimum Gasteiger partial charge on any atom is -0.272 e. The van der Waals surface area contributed by atoms with Crippen LogP contribution in [0, 0.1) is 0 Å². The number of nitrogens with zero attached hydrogens (tertiary/aromatic N) is 1. The lowest BCUT2D eigenvalue weighted by molar-refractivity contribution is -0.176. The van der Waals surface area contributed by atoms with Gasteiger partial charge in [0.25, 0.3) is 11.8 Å². The molecule has 0 saturated carbocycles. The fourth-order valence-corrected chi connectivity index (χ4v) is 1.26. The van der Waals surface area contributed by atoms with E-state index in [-0.39, 0.29) is 17.9 Å². The van der Waals surface area contributed by atoms with Crippen LogP contribution in [0.4, 0.5) is 0 Å². The second-order valence-corrected chi connectivity index (χ2v) is 3.44. The summed E-state index contributed by atoms with van der Waals surface area (Å²) in [7, 11) is -4.81. The Hall–Kier alpha value is -0.990. The quantitative estimate of drug-likeness (QED) is 0.474. The van der Waals surface area contributed by atoms with Crippen LogP contribution < -0.4 is 0 Å². The van der Waals surface area contributed by atoms with Gasteiger partial charge in [-0.15, -0.1) is 9.35 Å². The Bertz CT molecular complexity index is 317. The van der Waals surface area contributed by atoms with E-state index >= 15 is 0 Å². The lowest BCUT2D eigenvalue weighted by atomic mass is 10.1. The van der Waals surface area contributed by atoms with Crippen LogP contribution in [0.25, 0.3) is 0 Å². The van der Waals surface area contributed by atoms with Crippen molar-refractivity contribution in [3.05, 3.63) is 0 Å². The zero-order chi connectivity index (χ0) is 10.1. The number of hydroxylamine groups is 2. The van der Waals surface area contributed by atoms with Gasteiger partial charge in [-0.25, -0.2) is 0 Å². The van der Waals surface area contributed by atoms with Gasteiger partial charge in [-0.05, 0) is 6.42 Å². The van der Waals surface area contributed by atoms with Crippen LogP contribution in [0.2, 0.25) is 0 Å². The minimum atomic E-state index is -4.81. The predicted molar refractivity (Wildman–Crippen MR) is 38.3 cm³/mol. The third-order valence-corrected chi connectivity index (χ3v) is 1.74. The zero-order valence-corrected chi connectivity index (χ0v) is 7.28. The molecule has 0 unspecified atom stereocenters. The highest BCUT2D eigenvalue weighted by Crippen LogP contribution is 2.13. The molecule has 1 heterocycles. The van der Waals surface area contributed by atoms with Gasteiger partial charge in [-0.3, -0.25) is 14.1 Å². The average molecular weight is 209 g/mol. The fraction of sp³-hybridized carbons (Fsp3) is 0.600. The maximum atomic E-state index is 10.9. The van der Waals surface area contributed by atoms with E-state index in [4.69, 9.17) is 4.55 Å². The number of imide groups is 1. The third-order valence-electron chi connectivity index (χ3n) is 1.40. The highest BCUT2D eigenvalue weighted by atomic mass is 32.3. The molecule has 2 amide bonds. The number of piperidine rings is 1. The number of rotatable bonds is 2. The summed E-state index contributed by atoms with van der Waals surface area (Å²) in [6, 6.07) is 0. The van der Waals surface area contributed by atoms with Crippen molar-refractivity contribution in [1.29, 1.82) is 0 Å². The van der Waals surface area contributed by atoms with Crippen LogP contribution in [0.1, 0.15) is 19.3 Å². The van der Waals surface area contributed by atoms with Crippen LogP contribution in [0.5, 0.6) is 0 Å². The van der Waals surface area contributed by atoms with Gasteiger partial charge in [-0.2, -0.15) is 8.42 Å². The van der Waals surface area contributed by atoms with Crippen molar-refractivity contribution in [1.82, 2.24) is 5.06 Å². The number of carbonyl (C=O) groups is 2. The lowest BCUT2D eigenvalue weighted by Crippen LogP contribution is -2.41. The Morgan fingerprint density at radius 1 is 1.23 bits per heavy atom. The van der Waals surface area contributed by atoms with Gasteiger partial charge in [0.2, 0.25) is 0 Å². The second kappa shape index (κ2) is 3.40. The summed E-state index contributed by atoms with van der Waals surface area (Å²) in [4.78, 5) is 21.8. The van der Waals surface area contributed by atoms with E-state index in [1.165, 1.54) is 0 Å². The molecule has 1 saturated heterocycles.